The summed E-state index contributed by atoms with van der Waals surface area (Å²) in [5, 5.41) is 11.5. The average molecular weight is 300 g/mol. The molecule has 2 aromatic carbocycles. The number of hydrogen-bond acceptors (Lipinski definition) is 4. The molecule has 6 heteroatoms. The molecule has 0 amide bonds. The molecule has 0 fully saturated rings. The summed E-state index contributed by atoms with van der Waals surface area (Å²) >= 11 is 0. The van der Waals surface area contributed by atoms with Crippen molar-refractivity contribution in [2.45, 2.75) is 4.90 Å². The van der Waals surface area contributed by atoms with Crippen LogP contribution in [0.3, 0.4) is 0 Å². The molecule has 0 radical (unpaired) electrons. The van der Waals surface area contributed by atoms with Crippen molar-refractivity contribution in [2.24, 2.45) is 0 Å². The van der Waals surface area contributed by atoms with Crippen LogP contribution in [0.4, 0.5) is 0 Å². The molecule has 0 bridgehead atoms. The standard InChI is InChI=1S/C15H11NO4S/c17-15(18)13-10-16(14-9-5-4-8-12(13)14)21(19,20)11-6-2-1-3-7-11/h1-10H,(H,17,18)/p-1. The Hall–Kier alpha value is -2.60. The number of aromatic nitrogens is 1. The van der Waals surface area contributed by atoms with E-state index in [4.69, 9.17) is 0 Å². The zero-order valence-electron chi connectivity index (χ0n) is 10.8. The Kier molecular flexibility index (Phi) is 3.03. The highest BCUT2D eigenvalue weighted by Crippen LogP contribution is 2.25. The molecular formula is C15H10NO4S-. The largest absolute Gasteiger partial charge is 0.545 e. The van der Waals surface area contributed by atoms with Gasteiger partial charge in [-0.05, 0) is 18.2 Å². The number of hydrogen-bond donors (Lipinski definition) is 0. The second-order valence-electron chi connectivity index (χ2n) is 4.46. The van der Waals surface area contributed by atoms with Crippen molar-refractivity contribution in [3.05, 3.63) is 66.4 Å². The van der Waals surface area contributed by atoms with Crippen LogP contribution in [0.5, 0.6) is 0 Å². The smallest absolute Gasteiger partial charge is 0.268 e. The molecule has 1 heterocycles. The lowest BCUT2D eigenvalue weighted by atomic mass is 10.2. The summed E-state index contributed by atoms with van der Waals surface area (Å²) < 4.78 is 26.2. The maximum Gasteiger partial charge on any atom is 0.268 e. The third-order valence-electron chi connectivity index (χ3n) is 3.20. The van der Waals surface area contributed by atoms with Crippen LogP contribution in [-0.2, 0) is 10.0 Å². The fraction of sp³-hybridized carbons (Fsp3) is 0. The second-order valence-corrected chi connectivity index (χ2v) is 6.28. The Bertz CT molecular complexity index is 927. The molecule has 0 saturated carbocycles. The molecule has 21 heavy (non-hydrogen) atoms. The third-order valence-corrected chi connectivity index (χ3v) is 4.89. The minimum Gasteiger partial charge on any atom is -0.545 e. The van der Waals surface area contributed by atoms with Gasteiger partial charge >= 0.3 is 0 Å². The van der Waals surface area contributed by atoms with E-state index < -0.39 is 16.0 Å². The number of aromatic carboxylic acids is 1. The van der Waals surface area contributed by atoms with Crippen molar-refractivity contribution in [2.75, 3.05) is 0 Å². The van der Waals surface area contributed by atoms with Gasteiger partial charge in [0, 0.05) is 17.1 Å². The molecule has 0 aliphatic carbocycles. The molecule has 0 aliphatic rings. The van der Waals surface area contributed by atoms with Crippen LogP contribution >= 0.6 is 0 Å². The maximum atomic E-state index is 12.6. The summed E-state index contributed by atoms with van der Waals surface area (Å²) in [5.41, 5.74) is 0.158. The van der Waals surface area contributed by atoms with Crippen molar-refractivity contribution in [1.29, 1.82) is 0 Å². The quantitative estimate of drug-likeness (QED) is 0.729. The first kappa shape index (κ1) is 13.4. The van der Waals surface area contributed by atoms with E-state index in [0.29, 0.717) is 10.9 Å². The SMILES string of the molecule is O=C([O-])c1cn(S(=O)(=O)c2ccccc2)c2ccccc12. The minimum absolute atomic E-state index is 0.0932. The number of fused-ring (bicyclic) bond motifs is 1. The number of benzene rings is 2. The summed E-state index contributed by atoms with van der Waals surface area (Å²) in [5.74, 6) is -1.41. The van der Waals surface area contributed by atoms with Gasteiger partial charge in [0.25, 0.3) is 10.0 Å². The van der Waals surface area contributed by atoms with Crippen molar-refractivity contribution >= 4 is 26.9 Å². The predicted molar refractivity (Wildman–Crippen MR) is 75.3 cm³/mol. The number of carbonyl (C=O) groups is 1. The van der Waals surface area contributed by atoms with E-state index in [-0.39, 0.29) is 10.5 Å². The summed E-state index contributed by atoms with van der Waals surface area (Å²) in [6, 6.07) is 14.3. The highest BCUT2D eigenvalue weighted by Gasteiger charge is 2.20. The van der Waals surface area contributed by atoms with Gasteiger partial charge in [-0.3, -0.25) is 0 Å². The Balaban J connectivity index is 2.34. The van der Waals surface area contributed by atoms with E-state index in [2.05, 4.69) is 0 Å². The van der Waals surface area contributed by atoms with Crippen LogP contribution in [0.2, 0.25) is 0 Å². The molecule has 3 rings (SSSR count). The third kappa shape index (κ3) is 2.09. The average Bonchev–Trinajstić information content (AvgIpc) is 2.88. The molecule has 5 nitrogen and oxygen atoms in total. The second kappa shape index (κ2) is 4.75. The molecular weight excluding hydrogens is 290 g/mol. The molecule has 0 spiro atoms. The van der Waals surface area contributed by atoms with Gasteiger partial charge in [-0.15, -0.1) is 0 Å². The summed E-state index contributed by atoms with van der Waals surface area (Å²) in [4.78, 5) is 11.3. The lowest BCUT2D eigenvalue weighted by molar-refractivity contribution is -0.254. The van der Waals surface area contributed by atoms with Crippen molar-refractivity contribution in [3.8, 4) is 0 Å². The fourth-order valence-electron chi connectivity index (χ4n) is 2.22. The Labute approximate surface area is 121 Å². The van der Waals surface area contributed by atoms with E-state index in [0.717, 1.165) is 10.2 Å². The van der Waals surface area contributed by atoms with Gasteiger partial charge in [0.1, 0.15) is 0 Å². The van der Waals surface area contributed by atoms with Crippen LogP contribution in [0, 0.1) is 0 Å². The van der Waals surface area contributed by atoms with E-state index in [1.165, 1.54) is 12.1 Å². The van der Waals surface area contributed by atoms with Crippen LogP contribution < -0.4 is 5.11 Å². The van der Waals surface area contributed by atoms with Gasteiger partial charge in [0.15, 0.2) is 0 Å². The van der Waals surface area contributed by atoms with Crippen molar-refractivity contribution < 1.29 is 18.3 Å². The molecule has 0 N–H and O–H groups in total. The van der Waals surface area contributed by atoms with Gasteiger partial charge in [0.05, 0.1) is 16.4 Å². The number of nitrogens with zero attached hydrogens (tertiary/aromatic N) is 1. The number of rotatable bonds is 3. The molecule has 0 unspecified atom stereocenters. The molecule has 0 atom stereocenters. The van der Waals surface area contributed by atoms with Crippen LogP contribution in [0.1, 0.15) is 10.4 Å². The Morgan fingerprint density at radius 1 is 0.952 bits per heavy atom. The molecule has 1 aromatic heterocycles. The molecule has 0 aliphatic heterocycles. The minimum atomic E-state index is -3.85. The summed E-state index contributed by atoms with van der Waals surface area (Å²) in [7, 11) is -3.85. The van der Waals surface area contributed by atoms with Gasteiger partial charge in [-0.2, -0.15) is 0 Å². The number of carboxylic acids is 1. The normalized spacial score (nSPS) is 11.6. The van der Waals surface area contributed by atoms with Crippen LogP contribution in [-0.4, -0.2) is 18.4 Å². The van der Waals surface area contributed by atoms with Gasteiger partial charge in [-0.1, -0.05) is 36.4 Å². The lowest BCUT2D eigenvalue weighted by Gasteiger charge is -2.07. The molecule has 0 saturated heterocycles. The summed E-state index contributed by atoms with van der Waals surface area (Å²) in [6.07, 6.45) is 1.09. The lowest BCUT2D eigenvalue weighted by Crippen LogP contribution is -2.22. The number of carboxylic acid groups (broad SMARTS) is 1. The van der Waals surface area contributed by atoms with E-state index >= 15 is 0 Å². The first-order valence-corrected chi connectivity index (χ1v) is 7.58. The first-order valence-electron chi connectivity index (χ1n) is 6.14. The zero-order valence-corrected chi connectivity index (χ0v) is 11.6. The summed E-state index contributed by atoms with van der Waals surface area (Å²) in [6.45, 7) is 0. The first-order chi connectivity index (χ1) is 10.0. The van der Waals surface area contributed by atoms with Gasteiger partial charge < -0.3 is 9.90 Å². The van der Waals surface area contributed by atoms with Crippen molar-refractivity contribution in [1.82, 2.24) is 3.97 Å². The molecule has 106 valence electrons. The van der Waals surface area contributed by atoms with Gasteiger partial charge in [0.2, 0.25) is 0 Å². The highest BCUT2D eigenvalue weighted by atomic mass is 32.2. The topological polar surface area (TPSA) is 79.2 Å². The van der Waals surface area contributed by atoms with Gasteiger partial charge in [-0.25, -0.2) is 12.4 Å². The van der Waals surface area contributed by atoms with Crippen molar-refractivity contribution in [3.63, 3.8) is 0 Å². The predicted octanol–water partition coefficient (Wildman–Crippen LogP) is 1.24. The number of carbonyl (C=O) groups excluding carboxylic acids is 1. The van der Waals surface area contributed by atoms with E-state index in [9.17, 15) is 18.3 Å². The van der Waals surface area contributed by atoms with E-state index in [1.807, 2.05) is 0 Å². The van der Waals surface area contributed by atoms with Crippen LogP contribution in [0.25, 0.3) is 10.9 Å². The van der Waals surface area contributed by atoms with E-state index in [1.54, 1.807) is 42.5 Å². The van der Waals surface area contributed by atoms with Crippen LogP contribution in [0.15, 0.2) is 65.7 Å². The fourth-order valence-corrected chi connectivity index (χ4v) is 3.61. The zero-order chi connectivity index (χ0) is 15.0. The molecule has 3 aromatic rings. The monoisotopic (exact) mass is 300 g/mol. The maximum absolute atomic E-state index is 12.6. The highest BCUT2D eigenvalue weighted by molar-refractivity contribution is 7.90. The Morgan fingerprint density at radius 2 is 1.57 bits per heavy atom. The number of para-hydroxylation sites is 1. The Morgan fingerprint density at radius 3 is 2.24 bits per heavy atom.